The average molecular weight is 345 g/mol. The molecule has 0 bridgehead atoms. The predicted molar refractivity (Wildman–Crippen MR) is 90.7 cm³/mol. The number of carbonyl (C=O) groups is 1. The highest BCUT2D eigenvalue weighted by Gasteiger charge is 2.23. The Balaban J connectivity index is 1.64. The number of aryl methyl sites for hydroxylation is 3. The van der Waals surface area contributed by atoms with Crippen LogP contribution in [0.3, 0.4) is 0 Å². The summed E-state index contributed by atoms with van der Waals surface area (Å²) in [5.74, 6) is 0.713. The van der Waals surface area contributed by atoms with Gasteiger partial charge >= 0.3 is 0 Å². The second-order valence-electron chi connectivity index (χ2n) is 6.17. The normalized spacial score (nSPS) is 17.7. The number of hydrogen-bond acceptors (Lipinski definition) is 7. The molecular weight excluding hydrogens is 322 g/mol. The first kappa shape index (κ1) is 17.5. The lowest BCUT2D eigenvalue weighted by Gasteiger charge is -2.32. The molecule has 3 rings (SSSR count). The minimum absolute atomic E-state index is 0.00160. The van der Waals surface area contributed by atoms with Crippen molar-refractivity contribution in [3.63, 3.8) is 0 Å². The lowest BCUT2D eigenvalue weighted by molar-refractivity contribution is -0.137. The van der Waals surface area contributed by atoms with Crippen molar-refractivity contribution in [2.24, 2.45) is 5.73 Å². The summed E-state index contributed by atoms with van der Waals surface area (Å²) in [6, 6.07) is 1.96. The van der Waals surface area contributed by atoms with Crippen LogP contribution in [0.5, 0.6) is 0 Å². The van der Waals surface area contributed by atoms with E-state index in [1.165, 1.54) is 0 Å². The zero-order valence-electron chi connectivity index (χ0n) is 14.6. The van der Waals surface area contributed by atoms with Gasteiger partial charge in [0.2, 0.25) is 5.91 Å². The highest BCUT2D eigenvalue weighted by atomic mass is 16.5. The van der Waals surface area contributed by atoms with E-state index in [0.717, 1.165) is 41.2 Å². The van der Waals surface area contributed by atoms with E-state index in [4.69, 9.17) is 15.0 Å². The van der Waals surface area contributed by atoms with E-state index in [9.17, 15) is 4.79 Å². The Morgan fingerprint density at radius 3 is 2.96 bits per heavy atom. The van der Waals surface area contributed by atoms with E-state index in [1.807, 2.05) is 19.9 Å². The Labute approximate surface area is 146 Å². The van der Waals surface area contributed by atoms with Crippen molar-refractivity contribution in [1.82, 2.24) is 20.0 Å². The first-order chi connectivity index (χ1) is 12.1. The van der Waals surface area contributed by atoms with Gasteiger partial charge in [0.1, 0.15) is 12.1 Å². The maximum absolute atomic E-state index is 11.7. The quantitative estimate of drug-likeness (QED) is 0.856. The number of ether oxygens (including phenoxy) is 1. The third-order valence-electron chi connectivity index (χ3n) is 4.40. The van der Waals surface area contributed by atoms with E-state index in [1.54, 1.807) is 11.2 Å². The summed E-state index contributed by atoms with van der Waals surface area (Å²) in [4.78, 5) is 22.2. The predicted octanol–water partition coefficient (Wildman–Crippen LogP) is 0.867. The smallest absolute Gasteiger partial charge is 0.236 e. The van der Waals surface area contributed by atoms with Crippen LogP contribution in [0.25, 0.3) is 11.3 Å². The molecule has 0 radical (unpaired) electrons. The Hall–Kier alpha value is -2.32. The van der Waals surface area contributed by atoms with Crippen LogP contribution in [0.15, 0.2) is 16.9 Å². The molecule has 0 aliphatic carbocycles. The van der Waals surface area contributed by atoms with Crippen LogP contribution in [-0.2, 0) is 16.0 Å². The largest absolute Gasteiger partial charge is 0.375 e. The molecule has 2 N–H and O–H groups in total. The summed E-state index contributed by atoms with van der Waals surface area (Å²) in [5.41, 5.74) is 8.90. The van der Waals surface area contributed by atoms with Crippen LogP contribution in [0.4, 0.5) is 0 Å². The minimum Gasteiger partial charge on any atom is -0.375 e. The highest BCUT2D eigenvalue weighted by molar-refractivity contribution is 5.78. The number of hydrogen-bond donors (Lipinski definition) is 1. The van der Waals surface area contributed by atoms with Gasteiger partial charge in [0, 0.05) is 18.8 Å². The number of carbonyl (C=O) groups excluding carboxylic acids is 1. The summed E-state index contributed by atoms with van der Waals surface area (Å²) in [5, 5.41) is 3.97. The van der Waals surface area contributed by atoms with E-state index in [2.05, 4.69) is 15.1 Å². The van der Waals surface area contributed by atoms with Gasteiger partial charge in [-0.2, -0.15) is 0 Å². The van der Waals surface area contributed by atoms with Crippen molar-refractivity contribution in [2.45, 2.75) is 32.8 Å². The molecule has 8 heteroatoms. The monoisotopic (exact) mass is 345 g/mol. The Morgan fingerprint density at radius 1 is 1.40 bits per heavy atom. The van der Waals surface area contributed by atoms with Gasteiger partial charge in [0.05, 0.1) is 36.2 Å². The molecule has 1 saturated heterocycles. The third-order valence-corrected chi connectivity index (χ3v) is 4.40. The topological polar surface area (TPSA) is 107 Å². The molecule has 134 valence electrons. The molecule has 0 unspecified atom stereocenters. The fraction of sp³-hybridized carbons (Fsp3) is 0.529. The molecule has 1 aliphatic rings. The summed E-state index contributed by atoms with van der Waals surface area (Å²) in [7, 11) is 0. The summed E-state index contributed by atoms with van der Waals surface area (Å²) in [6.45, 7) is 5.54. The molecule has 2 aromatic rings. The standard InChI is InChI=1S/C17H23N5O3/c1-11-17(12(2)25-21-11)15-7-13(19-10-20-15)3-4-14-9-22(5-6-24-14)16(23)8-18/h7,10,14H,3-6,8-9,18H2,1-2H3/t14-/m1/s1. The van der Waals surface area contributed by atoms with Crippen LogP contribution < -0.4 is 5.73 Å². The molecule has 25 heavy (non-hydrogen) atoms. The number of rotatable bonds is 5. The van der Waals surface area contributed by atoms with Gasteiger partial charge in [-0.05, 0) is 32.8 Å². The van der Waals surface area contributed by atoms with E-state index in [-0.39, 0.29) is 18.6 Å². The fourth-order valence-corrected chi connectivity index (χ4v) is 3.08. The molecule has 8 nitrogen and oxygen atoms in total. The zero-order valence-corrected chi connectivity index (χ0v) is 14.6. The third kappa shape index (κ3) is 4.02. The van der Waals surface area contributed by atoms with Crippen molar-refractivity contribution in [2.75, 3.05) is 26.2 Å². The molecule has 1 aliphatic heterocycles. The zero-order chi connectivity index (χ0) is 17.8. The maximum Gasteiger partial charge on any atom is 0.236 e. The first-order valence-electron chi connectivity index (χ1n) is 8.42. The Morgan fingerprint density at radius 2 is 2.24 bits per heavy atom. The molecule has 1 atom stereocenters. The van der Waals surface area contributed by atoms with E-state index < -0.39 is 0 Å². The van der Waals surface area contributed by atoms with Crippen LogP contribution in [0.2, 0.25) is 0 Å². The summed E-state index contributed by atoms with van der Waals surface area (Å²) >= 11 is 0. The molecule has 0 saturated carbocycles. The number of nitrogens with two attached hydrogens (primary N) is 1. The van der Waals surface area contributed by atoms with Crippen molar-refractivity contribution < 1.29 is 14.1 Å². The number of aromatic nitrogens is 3. The van der Waals surface area contributed by atoms with Crippen LogP contribution in [0, 0.1) is 13.8 Å². The molecule has 0 aromatic carbocycles. The van der Waals surface area contributed by atoms with Gasteiger partial charge in [-0.15, -0.1) is 0 Å². The lowest BCUT2D eigenvalue weighted by atomic mass is 10.1. The molecule has 3 heterocycles. The minimum atomic E-state index is -0.0315. The van der Waals surface area contributed by atoms with Crippen molar-refractivity contribution >= 4 is 5.91 Å². The molecular formula is C17H23N5O3. The second kappa shape index (κ2) is 7.71. The number of nitrogens with zero attached hydrogens (tertiary/aromatic N) is 4. The molecule has 0 spiro atoms. The van der Waals surface area contributed by atoms with Crippen LogP contribution >= 0.6 is 0 Å². The number of amides is 1. The Kier molecular flexibility index (Phi) is 5.40. The molecule has 1 amide bonds. The van der Waals surface area contributed by atoms with Gasteiger partial charge in [-0.25, -0.2) is 9.97 Å². The van der Waals surface area contributed by atoms with E-state index in [0.29, 0.717) is 19.7 Å². The summed E-state index contributed by atoms with van der Waals surface area (Å²) < 4.78 is 11.0. The maximum atomic E-state index is 11.7. The fourth-order valence-electron chi connectivity index (χ4n) is 3.08. The average Bonchev–Trinajstić information content (AvgIpc) is 2.98. The molecule has 1 fully saturated rings. The van der Waals surface area contributed by atoms with Gasteiger partial charge < -0.3 is 19.9 Å². The highest BCUT2D eigenvalue weighted by Crippen LogP contribution is 2.25. The van der Waals surface area contributed by atoms with Gasteiger partial charge in [-0.1, -0.05) is 5.16 Å². The van der Waals surface area contributed by atoms with Crippen LogP contribution in [-0.4, -0.2) is 58.3 Å². The van der Waals surface area contributed by atoms with Gasteiger partial charge in [0.15, 0.2) is 0 Å². The first-order valence-corrected chi connectivity index (χ1v) is 8.42. The number of morpholine rings is 1. The van der Waals surface area contributed by atoms with E-state index >= 15 is 0 Å². The van der Waals surface area contributed by atoms with Crippen molar-refractivity contribution in [3.8, 4) is 11.3 Å². The SMILES string of the molecule is Cc1noc(C)c1-c1cc(CC[C@@H]2CN(C(=O)CN)CCO2)ncn1. The Bertz CT molecular complexity index is 726. The lowest BCUT2D eigenvalue weighted by Crippen LogP contribution is -2.47. The summed E-state index contributed by atoms with van der Waals surface area (Å²) in [6.07, 6.45) is 3.09. The van der Waals surface area contributed by atoms with Crippen molar-refractivity contribution in [3.05, 3.63) is 29.5 Å². The van der Waals surface area contributed by atoms with Gasteiger partial charge in [0.25, 0.3) is 0 Å². The van der Waals surface area contributed by atoms with Crippen LogP contribution in [0.1, 0.15) is 23.6 Å². The van der Waals surface area contributed by atoms with Crippen molar-refractivity contribution in [1.29, 1.82) is 0 Å². The molecule has 2 aromatic heterocycles. The van der Waals surface area contributed by atoms with Gasteiger partial charge in [-0.3, -0.25) is 4.79 Å². The second-order valence-corrected chi connectivity index (χ2v) is 6.17.